The Hall–Kier alpha value is -1.81. The molecule has 7 nitrogen and oxygen atoms in total. The maximum Gasteiger partial charge on any atom is 0.463 e. The SMILES string of the molecule is C=C(F)C(=O)OC(OCCCC(F)(F)C(F)(F)S(=O)(=O)O)(C(=O)CC1CCCCC1)C(F)(F)F. The molecule has 1 atom stereocenters. The highest BCUT2D eigenvalue weighted by atomic mass is 32.2. The fraction of sp³-hybridized carbons (Fsp3) is 0.778. The second-order valence-corrected chi connectivity index (χ2v) is 9.15. The van der Waals surface area contributed by atoms with Crippen LogP contribution in [0.3, 0.4) is 0 Å². The Labute approximate surface area is 189 Å². The maximum absolute atomic E-state index is 13.9. The standard InChI is InChI=1S/C18H22F8O7S/c1-11(19)14(28)33-16(17(22,23)24,13(27)10-12-6-3-2-4-7-12)32-9-5-8-15(20,21)18(25,26)34(29,30)31/h12H,1-10H2,(H,29,30,31). The summed E-state index contributed by atoms with van der Waals surface area (Å²) in [6.45, 7) is 0.866. The minimum absolute atomic E-state index is 0.348. The molecule has 16 heteroatoms. The molecule has 0 aromatic heterocycles. The number of carbonyl (C=O) groups excluding carboxylic acids is 2. The molecule has 0 aromatic rings. The lowest BCUT2D eigenvalue weighted by atomic mass is 9.84. The van der Waals surface area contributed by atoms with Gasteiger partial charge >= 0.3 is 39.2 Å². The molecule has 1 N–H and O–H groups in total. The molecule has 198 valence electrons. The van der Waals surface area contributed by atoms with E-state index in [0.717, 1.165) is 6.42 Å². The van der Waals surface area contributed by atoms with Crippen LogP contribution in [0.15, 0.2) is 12.4 Å². The normalized spacial score (nSPS) is 18.3. The zero-order chi connectivity index (χ0) is 26.6. The van der Waals surface area contributed by atoms with Crippen LogP contribution in [0.4, 0.5) is 35.1 Å². The van der Waals surface area contributed by atoms with E-state index in [4.69, 9.17) is 4.55 Å². The van der Waals surface area contributed by atoms with Gasteiger partial charge in [-0.3, -0.25) is 9.35 Å². The average Bonchev–Trinajstić information content (AvgIpc) is 2.68. The van der Waals surface area contributed by atoms with Gasteiger partial charge in [-0.2, -0.15) is 43.5 Å². The Kier molecular flexibility index (Phi) is 9.64. The number of rotatable bonds is 12. The van der Waals surface area contributed by atoms with E-state index >= 15 is 0 Å². The molecule has 0 spiro atoms. The Balaban J connectivity index is 3.13. The molecule has 0 saturated heterocycles. The van der Waals surface area contributed by atoms with Gasteiger partial charge in [0.15, 0.2) is 0 Å². The van der Waals surface area contributed by atoms with E-state index in [2.05, 4.69) is 16.1 Å². The van der Waals surface area contributed by atoms with Crippen LogP contribution in [0.2, 0.25) is 0 Å². The highest BCUT2D eigenvalue weighted by Gasteiger charge is 2.67. The predicted molar refractivity (Wildman–Crippen MR) is 98.0 cm³/mol. The lowest BCUT2D eigenvalue weighted by molar-refractivity contribution is -0.347. The number of halogens is 8. The summed E-state index contributed by atoms with van der Waals surface area (Å²) in [5.41, 5.74) is 0. The van der Waals surface area contributed by atoms with Crippen molar-refractivity contribution in [1.82, 2.24) is 0 Å². The first-order valence-electron chi connectivity index (χ1n) is 9.83. The molecule has 1 aliphatic carbocycles. The number of carbonyl (C=O) groups is 2. The summed E-state index contributed by atoms with van der Waals surface area (Å²) in [4.78, 5) is 24.1. The van der Waals surface area contributed by atoms with Crippen molar-refractivity contribution in [2.75, 3.05) is 6.61 Å². The smallest absolute Gasteiger partial charge is 0.411 e. The predicted octanol–water partition coefficient (Wildman–Crippen LogP) is 4.72. The summed E-state index contributed by atoms with van der Waals surface area (Å²) in [6, 6.07) is 0. The van der Waals surface area contributed by atoms with Gasteiger partial charge in [-0.05, 0) is 12.3 Å². The molecular formula is C18H22F8O7S. The highest BCUT2D eigenvalue weighted by Crippen LogP contribution is 2.43. The van der Waals surface area contributed by atoms with Crippen molar-refractivity contribution in [2.45, 2.75) is 74.5 Å². The molecule has 1 fully saturated rings. The van der Waals surface area contributed by atoms with E-state index in [1.165, 1.54) is 0 Å². The second kappa shape index (κ2) is 10.8. The van der Waals surface area contributed by atoms with Crippen LogP contribution >= 0.6 is 0 Å². The van der Waals surface area contributed by atoms with Crippen molar-refractivity contribution >= 4 is 21.9 Å². The first kappa shape index (κ1) is 30.2. The maximum atomic E-state index is 13.9. The summed E-state index contributed by atoms with van der Waals surface area (Å²) in [5.74, 6) is -16.7. The molecule has 0 radical (unpaired) electrons. The van der Waals surface area contributed by atoms with Gasteiger partial charge in [0, 0.05) is 12.8 Å². The lowest BCUT2D eigenvalue weighted by Crippen LogP contribution is -2.58. The van der Waals surface area contributed by atoms with Crippen molar-refractivity contribution in [3.63, 3.8) is 0 Å². The molecule has 0 heterocycles. The summed E-state index contributed by atoms with van der Waals surface area (Å²) in [7, 11) is -6.58. The molecular weight excluding hydrogens is 512 g/mol. The average molecular weight is 534 g/mol. The van der Waals surface area contributed by atoms with Crippen molar-refractivity contribution < 1.29 is 67.2 Å². The quantitative estimate of drug-likeness (QED) is 0.0964. The fourth-order valence-corrected chi connectivity index (χ4v) is 3.76. The van der Waals surface area contributed by atoms with Crippen LogP contribution in [0.25, 0.3) is 0 Å². The van der Waals surface area contributed by atoms with E-state index in [1.54, 1.807) is 0 Å². The first-order chi connectivity index (χ1) is 15.3. The van der Waals surface area contributed by atoms with Crippen molar-refractivity contribution in [3.05, 3.63) is 12.4 Å². The van der Waals surface area contributed by atoms with Crippen molar-refractivity contribution in [2.24, 2.45) is 5.92 Å². The number of alkyl halides is 7. The number of Topliss-reactive ketones (excluding diaryl/α,β-unsaturated/α-hetero) is 1. The third-order valence-corrected chi connectivity index (χ3v) is 6.03. The number of hydrogen-bond acceptors (Lipinski definition) is 6. The van der Waals surface area contributed by atoms with Crippen molar-refractivity contribution in [1.29, 1.82) is 0 Å². The zero-order valence-corrected chi connectivity index (χ0v) is 18.3. The Morgan fingerprint density at radius 1 is 1.00 bits per heavy atom. The fourth-order valence-electron chi connectivity index (χ4n) is 3.28. The minimum atomic E-state index is -6.58. The highest BCUT2D eigenvalue weighted by molar-refractivity contribution is 7.87. The van der Waals surface area contributed by atoms with E-state index in [-0.39, 0.29) is 0 Å². The zero-order valence-electron chi connectivity index (χ0n) is 17.5. The van der Waals surface area contributed by atoms with Crippen molar-refractivity contribution in [3.8, 4) is 0 Å². The van der Waals surface area contributed by atoms with Crippen LogP contribution in [-0.2, 0) is 29.2 Å². The molecule has 1 saturated carbocycles. The molecule has 1 unspecified atom stereocenters. The Morgan fingerprint density at radius 3 is 1.97 bits per heavy atom. The first-order valence-corrected chi connectivity index (χ1v) is 11.3. The topological polar surface area (TPSA) is 107 Å². The lowest BCUT2D eigenvalue weighted by Gasteiger charge is -2.34. The van der Waals surface area contributed by atoms with Crippen LogP contribution in [0, 0.1) is 5.92 Å². The van der Waals surface area contributed by atoms with Crippen LogP contribution in [0.1, 0.15) is 51.4 Å². The third-order valence-electron chi connectivity index (χ3n) is 5.09. The Morgan fingerprint density at radius 2 is 1.53 bits per heavy atom. The van der Waals surface area contributed by atoms with Gasteiger partial charge < -0.3 is 9.47 Å². The number of hydrogen-bond donors (Lipinski definition) is 1. The number of ether oxygens (including phenoxy) is 2. The second-order valence-electron chi connectivity index (χ2n) is 7.69. The molecule has 0 amide bonds. The summed E-state index contributed by atoms with van der Waals surface area (Å²) in [6.07, 6.45) is -7.56. The van der Waals surface area contributed by atoms with Crippen LogP contribution < -0.4 is 0 Å². The van der Waals surface area contributed by atoms with Gasteiger partial charge in [0.25, 0.3) is 0 Å². The largest absolute Gasteiger partial charge is 0.463 e. The van der Waals surface area contributed by atoms with Gasteiger partial charge in [-0.25, -0.2) is 4.79 Å². The third kappa shape index (κ3) is 6.87. The summed E-state index contributed by atoms with van der Waals surface area (Å²) in [5, 5.41) is -5.98. The Bertz CT molecular complexity index is 866. The molecule has 1 aliphatic rings. The van der Waals surface area contributed by atoms with E-state index in [1.807, 2.05) is 0 Å². The molecule has 0 bridgehead atoms. The molecule has 1 rings (SSSR count). The molecule has 0 aliphatic heterocycles. The van der Waals surface area contributed by atoms with Gasteiger partial charge in [0.05, 0.1) is 6.61 Å². The van der Waals surface area contributed by atoms with E-state index in [9.17, 15) is 53.1 Å². The summed E-state index contributed by atoms with van der Waals surface area (Å²) >= 11 is 0. The van der Waals surface area contributed by atoms with E-state index < -0.39 is 82.6 Å². The molecule has 34 heavy (non-hydrogen) atoms. The van der Waals surface area contributed by atoms with Gasteiger partial charge in [0.1, 0.15) is 0 Å². The molecule has 0 aromatic carbocycles. The van der Waals surface area contributed by atoms with Gasteiger partial charge in [-0.1, -0.05) is 38.7 Å². The van der Waals surface area contributed by atoms with Crippen LogP contribution in [-0.4, -0.2) is 54.5 Å². The van der Waals surface area contributed by atoms with Gasteiger partial charge in [-0.15, -0.1) is 0 Å². The van der Waals surface area contributed by atoms with Crippen LogP contribution in [0.5, 0.6) is 0 Å². The van der Waals surface area contributed by atoms with Gasteiger partial charge in [0.2, 0.25) is 11.6 Å². The monoisotopic (exact) mass is 534 g/mol. The van der Waals surface area contributed by atoms with E-state index in [0.29, 0.717) is 25.7 Å². The summed E-state index contributed by atoms with van der Waals surface area (Å²) < 4.78 is 146. The minimum Gasteiger partial charge on any atom is -0.411 e. The number of esters is 1. The number of ketones is 1.